The number of carbonyl (C=O) groups is 1. The first-order chi connectivity index (χ1) is 13.0. The summed E-state index contributed by atoms with van der Waals surface area (Å²) in [4.78, 5) is 21.9. The van der Waals surface area contributed by atoms with Crippen molar-refractivity contribution in [2.45, 2.75) is 4.90 Å². The van der Waals surface area contributed by atoms with Crippen LogP contribution in [-0.4, -0.2) is 73.9 Å². The third kappa shape index (κ3) is 3.86. The van der Waals surface area contributed by atoms with Gasteiger partial charge in [0.15, 0.2) is 0 Å². The Balaban J connectivity index is 1.76. The average Bonchev–Trinajstić information content (AvgIpc) is 2.73. The summed E-state index contributed by atoms with van der Waals surface area (Å²) in [6.07, 6.45) is 4.33. The highest BCUT2D eigenvalue weighted by atomic mass is 32.2. The van der Waals surface area contributed by atoms with E-state index in [0.717, 1.165) is 0 Å². The van der Waals surface area contributed by atoms with E-state index < -0.39 is 10.0 Å². The minimum atomic E-state index is -3.79. The molecule has 144 valence electrons. The van der Waals surface area contributed by atoms with E-state index >= 15 is 0 Å². The smallest absolute Gasteiger partial charge is 0.274 e. The van der Waals surface area contributed by atoms with Crippen molar-refractivity contribution in [1.29, 1.82) is 0 Å². The lowest BCUT2D eigenvalue weighted by atomic mass is 10.3. The molecule has 10 heteroatoms. The van der Waals surface area contributed by atoms with Gasteiger partial charge in [0.1, 0.15) is 22.1 Å². The van der Waals surface area contributed by atoms with Crippen molar-refractivity contribution < 1.29 is 22.7 Å². The van der Waals surface area contributed by atoms with Crippen molar-refractivity contribution in [1.82, 2.24) is 19.2 Å². The van der Waals surface area contributed by atoms with Gasteiger partial charge in [-0.1, -0.05) is 0 Å². The second kappa shape index (κ2) is 7.89. The van der Waals surface area contributed by atoms with E-state index in [1.165, 1.54) is 43.2 Å². The summed E-state index contributed by atoms with van der Waals surface area (Å²) >= 11 is 0. The summed E-state index contributed by atoms with van der Waals surface area (Å²) < 4.78 is 37.8. The molecule has 1 aromatic carbocycles. The Hall–Kier alpha value is -2.72. The Morgan fingerprint density at radius 2 is 1.81 bits per heavy atom. The van der Waals surface area contributed by atoms with Gasteiger partial charge >= 0.3 is 0 Å². The number of amides is 1. The summed E-state index contributed by atoms with van der Waals surface area (Å²) in [5.41, 5.74) is 0.239. The lowest BCUT2D eigenvalue weighted by Gasteiger charge is -2.34. The molecule has 2 aromatic rings. The summed E-state index contributed by atoms with van der Waals surface area (Å²) in [5.74, 6) is 0.402. The van der Waals surface area contributed by atoms with Gasteiger partial charge in [0.25, 0.3) is 5.91 Å². The first-order valence-corrected chi connectivity index (χ1v) is 9.69. The number of carbonyl (C=O) groups excluding carboxylic acids is 1. The van der Waals surface area contributed by atoms with Crippen LogP contribution in [0.15, 0.2) is 41.7 Å². The molecule has 9 nitrogen and oxygen atoms in total. The van der Waals surface area contributed by atoms with E-state index in [4.69, 9.17) is 9.47 Å². The fourth-order valence-corrected chi connectivity index (χ4v) is 4.42. The van der Waals surface area contributed by atoms with Crippen LogP contribution in [0.3, 0.4) is 0 Å². The first-order valence-electron chi connectivity index (χ1n) is 8.25. The number of sulfonamides is 1. The predicted octanol–water partition coefficient (Wildman–Crippen LogP) is 0.640. The maximum Gasteiger partial charge on any atom is 0.274 e. The van der Waals surface area contributed by atoms with Crippen LogP contribution < -0.4 is 9.47 Å². The standard InChI is InChI=1S/C17H20N4O5S/c1-25-13-3-4-15(26-2)16(11-13)27(23,24)21-9-7-20(8-10-21)17(22)14-12-18-5-6-19-14/h3-6,11-12H,7-10H2,1-2H3. The van der Waals surface area contributed by atoms with E-state index in [1.54, 1.807) is 17.0 Å². The quantitative estimate of drug-likeness (QED) is 0.736. The van der Waals surface area contributed by atoms with Gasteiger partial charge in [-0.3, -0.25) is 9.78 Å². The molecule has 1 aliphatic heterocycles. The van der Waals surface area contributed by atoms with Crippen molar-refractivity contribution in [3.63, 3.8) is 0 Å². The van der Waals surface area contributed by atoms with Gasteiger partial charge in [0.05, 0.1) is 20.4 Å². The van der Waals surface area contributed by atoms with Crippen LogP contribution in [-0.2, 0) is 10.0 Å². The minimum Gasteiger partial charge on any atom is -0.497 e. The van der Waals surface area contributed by atoms with Crippen molar-refractivity contribution in [2.24, 2.45) is 0 Å². The fourth-order valence-electron chi connectivity index (χ4n) is 2.83. The molecule has 0 radical (unpaired) electrons. The highest BCUT2D eigenvalue weighted by Gasteiger charge is 2.33. The maximum absolute atomic E-state index is 13.0. The largest absolute Gasteiger partial charge is 0.497 e. The average molecular weight is 392 g/mol. The summed E-state index contributed by atoms with van der Waals surface area (Å²) in [6, 6.07) is 4.63. The molecule has 1 amide bonds. The molecular formula is C17H20N4O5S. The summed E-state index contributed by atoms with van der Waals surface area (Å²) in [6.45, 7) is 0.880. The van der Waals surface area contributed by atoms with Crippen molar-refractivity contribution in [2.75, 3.05) is 40.4 Å². The summed E-state index contributed by atoms with van der Waals surface area (Å²) in [5, 5.41) is 0. The SMILES string of the molecule is COc1ccc(OC)c(S(=O)(=O)N2CCN(C(=O)c3cnccn3)CC2)c1. The molecule has 0 aliphatic carbocycles. The Morgan fingerprint density at radius 3 is 2.41 bits per heavy atom. The van der Waals surface area contributed by atoms with Crippen LogP contribution in [0, 0.1) is 0 Å². The Kier molecular flexibility index (Phi) is 5.57. The van der Waals surface area contributed by atoms with E-state index in [1.807, 2.05) is 0 Å². The molecule has 27 heavy (non-hydrogen) atoms. The number of hydrogen-bond donors (Lipinski definition) is 0. The number of benzene rings is 1. The first kappa shape index (κ1) is 19.1. The molecule has 0 N–H and O–H groups in total. The van der Waals surface area contributed by atoms with E-state index in [9.17, 15) is 13.2 Å². The monoisotopic (exact) mass is 392 g/mol. The van der Waals surface area contributed by atoms with E-state index in [0.29, 0.717) is 5.75 Å². The third-order valence-corrected chi connectivity index (χ3v) is 6.22. The molecule has 0 spiro atoms. The van der Waals surface area contributed by atoms with Crippen molar-refractivity contribution >= 4 is 15.9 Å². The zero-order chi connectivity index (χ0) is 19.4. The van der Waals surface area contributed by atoms with E-state index in [2.05, 4.69) is 9.97 Å². The van der Waals surface area contributed by atoms with Crippen LogP contribution in [0.5, 0.6) is 11.5 Å². The lowest BCUT2D eigenvalue weighted by Crippen LogP contribution is -2.50. The van der Waals surface area contributed by atoms with Gasteiger partial charge in [-0.05, 0) is 12.1 Å². The summed E-state index contributed by atoms with van der Waals surface area (Å²) in [7, 11) is -0.906. The molecule has 1 saturated heterocycles. The topological polar surface area (TPSA) is 102 Å². The van der Waals surface area contributed by atoms with Gasteiger partial charge in [-0.25, -0.2) is 13.4 Å². The molecule has 1 aliphatic rings. The molecular weight excluding hydrogens is 372 g/mol. The van der Waals surface area contributed by atoms with Crippen molar-refractivity contribution in [3.05, 3.63) is 42.5 Å². The molecule has 3 rings (SSSR count). The fraction of sp³-hybridized carbons (Fsp3) is 0.353. The van der Waals surface area contributed by atoms with Gasteiger partial charge in [0, 0.05) is 44.6 Å². The second-order valence-corrected chi connectivity index (χ2v) is 7.71. The molecule has 2 heterocycles. The van der Waals surface area contributed by atoms with Crippen LogP contribution in [0.1, 0.15) is 10.5 Å². The van der Waals surface area contributed by atoms with Crippen LogP contribution in [0.2, 0.25) is 0 Å². The number of methoxy groups -OCH3 is 2. The lowest BCUT2D eigenvalue weighted by molar-refractivity contribution is 0.0691. The number of ether oxygens (including phenoxy) is 2. The minimum absolute atomic E-state index is 0.0399. The zero-order valence-electron chi connectivity index (χ0n) is 15.0. The van der Waals surface area contributed by atoms with E-state index in [-0.39, 0.29) is 48.4 Å². The molecule has 0 atom stereocenters. The Bertz CT molecular complexity index is 912. The van der Waals surface area contributed by atoms with Gasteiger partial charge in [-0.15, -0.1) is 0 Å². The van der Waals surface area contributed by atoms with Gasteiger partial charge < -0.3 is 14.4 Å². The molecule has 1 fully saturated rings. The van der Waals surface area contributed by atoms with Crippen molar-refractivity contribution in [3.8, 4) is 11.5 Å². The third-order valence-electron chi connectivity index (χ3n) is 4.30. The number of piperazine rings is 1. The highest BCUT2D eigenvalue weighted by Crippen LogP contribution is 2.31. The second-order valence-electron chi connectivity index (χ2n) is 5.80. The number of nitrogens with zero attached hydrogens (tertiary/aromatic N) is 4. The normalized spacial score (nSPS) is 15.4. The Labute approximate surface area is 157 Å². The highest BCUT2D eigenvalue weighted by molar-refractivity contribution is 7.89. The zero-order valence-corrected chi connectivity index (χ0v) is 15.8. The van der Waals surface area contributed by atoms with Crippen LogP contribution in [0.25, 0.3) is 0 Å². The molecule has 0 bridgehead atoms. The molecule has 0 saturated carbocycles. The molecule has 0 unspecified atom stereocenters. The van der Waals surface area contributed by atoms with Crippen LogP contribution >= 0.6 is 0 Å². The van der Waals surface area contributed by atoms with Gasteiger partial charge in [-0.2, -0.15) is 4.31 Å². The van der Waals surface area contributed by atoms with Crippen LogP contribution in [0.4, 0.5) is 0 Å². The maximum atomic E-state index is 13.0. The van der Waals surface area contributed by atoms with Gasteiger partial charge in [0.2, 0.25) is 10.0 Å². The predicted molar refractivity (Wildman–Crippen MR) is 96.2 cm³/mol. The number of aromatic nitrogens is 2. The molecule has 1 aromatic heterocycles. The Morgan fingerprint density at radius 1 is 1.07 bits per heavy atom. The number of rotatable bonds is 5. The number of hydrogen-bond acceptors (Lipinski definition) is 7.